The quantitative estimate of drug-likeness (QED) is 0.698. The van der Waals surface area contributed by atoms with Crippen molar-refractivity contribution in [3.8, 4) is 11.5 Å². The van der Waals surface area contributed by atoms with Crippen molar-refractivity contribution < 1.29 is 14.3 Å². The summed E-state index contributed by atoms with van der Waals surface area (Å²) in [6.45, 7) is 3.70. The van der Waals surface area contributed by atoms with E-state index in [9.17, 15) is 4.79 Å². The molecule has 152 valence electrons. The maximum Gasteiger partial charge on any atom is 0.227 e. The molecule has 1 saturated heterocycles. The van der Waals surface area contributed by atoms with E-state index < -0.39 is 0 Å². The summed E-state index contributed by atoms with van der Waals surface area (Å²) in [5.41, 5.74) is 4.60. The Morgan fingerprint density at radius 2 is 1.93 bits per heavy atom. The van der Waals surface area contributed by atoms with E-state index in [0.29, 0.717) is 23.8 Å². The van der Waals surface area contributed by atoms with Crippen LogP contribution >= 0.6 is 0 Å². The molecule has 1 atom stereocenters. The molecule has 5 heteroatoms. The monoisotopic (exact) mass is 392 g/mol. The fourth-order valence-corrected chi connectivity index (χ4v) is 4.23. The van der Waals surface area contributed by atoms with Gasteiger partial charge >= 0.3 is 0 Å². The van der Waals surface area contributed by atoms with Crippen LogP contribution in [0.1, 0.15) is 35.6 Å². The zero-order valence-electron chi connectivity index (χ0n) is 17.3. The molecule has 2 aromatic carbocycles. The van der Waals surface area contributed by atoms with Gasteiger partial charge in [-0.15, -0.1) is 0 Å². The number of benzene rings is 2. The van der Waals surface area contributed by atoms with Crippen molar-refractivity contribution in [3.05, 3.63) is 59.3 Å². The van der Waals surface area contributed by atoms with Gasteiger partial charge in [-0.25, -0.2) is 0 Å². The number of aryl methyl sites for hydroxylation is 1. The van der Waals surface area contributed by atoms with Crippen LogP contribution in [0.15, 0.2) is 42.5 Å². The van der Waals surface area contributed by atoms with E-state index >= 15 is 0 Å². The second kappa shape index (κ2) is 8.19. The number of rotatable bonds is 5. The van der Waals surface area contributed by atoms with E-state index in [1.165, 1.54) is 22.2 Å². The largest absolute Gasteiger partial charge is 0.493 e. The number of carbonyl (C=O) groups is 1. The van der Waals surface area contributed by atoms with E-state index in [4.69, 9.17) is 9.47 Å². The van der Waals surface area contributed by atoms with Crippen molar-refractivity contribution in [2.45, 2.75) is 32.1 Å². The number of ether oxygens (including phenoxy) is 2. The lowest BCUT2D eigenvalue weighted by molar-refractivity contribution is -0.131. The molecule has 0 bridgehead atoms. The van der Waals surface area contributed by atoms with Gasteiger partial charge in [-0.1, -0.05) is 17.7 Å². The van der Waals surface area contributed by atoms with Gasteiger partial charge in [0.05, 0.1) is 20.6 Å². The van der Waals surface area contributed by atoms with Gasteiger partial charge in [-0.3, -0.25) is 4.79 Å². The van der Waals surface area contributed by atoms with Crippen molar-refractivity contribution in [1.29, 1.82) is 0 Å². The number of hydrogen-bond donors (Lipinski definition) is 1. The lowest BCUT2D eigenvalue weighted by atomic mass is 9.94. The SMILES string of the molecule is COc1ccc(CC(=O)N2CCCC(c3cc4cc(C)ccc4[nH]3)C2)cc1OC. The second-order valence-corrected chi connectivity index (χ2v) is 7.86. The molecule has 1 aliphatic rings. The summed E-state index contributed by atoms with van der Waals surface area (Å²) in [6.07, 6.45) is 2.50. The van der Waals surface area contributed by atoms with Crippen LogP contribution in [0.4, 0.5) is 0 Å². The molecule has 0 radical (unpaired) electrons. The minimum atomic E-state index is 0.161. The summed E-state index contributed by atoms with van der Waals surface area (Å²) >= 11 is 0. The zero-order valence-corrected chi connectivity index (χ0v) is 17.3. The Bertz CT molecular complexity index is 1020. The van der Waals surface area contributed by atoms with Crippen molar-refractivity contribution in [3.63, 3.8) is 0 Å². The minimum absolute atomic E-state index is 0.161. The topological polar surface area (TPSA) is 54.6 Å². The molecule has 5 nitrogen and oxygen atoms in total. The number of nitrogens with zero attached hydrogens (tertiary/aromatic N) is 1. The fourth-order valence-electron chi connectivity index (χ4n) is 4.23. The third-order valence-corrected chi connectivity index (χ3v) is 5.81. The number of piperidine rings is 1. The van der Waals surface area contributed by atoms with Crippen molar-refractivity contribution in [1.82, 2.24) is 9.88 Å². The van der Waals surface area contributed by atoms with Crippen LogP contribution in [0.3, 0.4) is 0 Å². The highest BCUT2D eigenvalue weighted by atomic mass is 16.5. The number of aromatic nitrogens is 1. The van der Waals surface area contributed by atoms with Crippen LogP contribution in [0.25, 0.3) is 10.9 Å². The molecule has 4 rings (SSSR count). The molecule has 1 aliphatic heterocycles. The number of aromatic amines is 1. The number of nitrogens with one attached hydrogen (secondary N) is 1. The average molecular weight is 392 g/mol. The van der Waals surface area contributed by atoms with Gasteiger partial charge in [0.25, 0.3) is 0 Å². The third kappa shape index (κ3) is 4.09. The molecule has 1 fully saturated rings. The Labute approximate surface area is 171 Å². The average Bonchev–Trinajstić information content (AvgIpc) is 3.17. The van der Waals surface area contributed by atoms with Crippen molar-refractivity contribution in [2.24, 2.45) is 0 Å². The number of amides is 1. The number of carbonyl (C=O) groups excluding carboxylic acids is 1. The van der Waals surface area contributed by atoms with Gasteiger partial charge < -0.3 is 19.4 Å². The molecule has 0 spiro atoms. The van der Waals surface area contributed by atoms with Crippen LogP contribution in [0.2, 0.25) is 0 Å². The van der Waals surface area contributed by atoms with Crippen LogP contribution in [0, 0.1) is 6.92 Å². The minimum Gasteiger partial charge on any atom is -0.493 e. The van der Waals surface area contributed by atoms with E-state index in [1.54, 1.807) is 14.2 Å². The zero-order chi connectivity index (χ0) is 20.4. The highest BCUT2D eigenvalue weighted by Crippen LogP contribution is 2.31. The molecule has 1 amide bonds. The lowest BCUT2D eigenvalue weighted by Crippen LogP contribution is -2.40. The molecule has 3 aromatic rings. The summed E-state index contributed by atoms with van der Waals surface area (Å²) in [7, 11) is 3.22. The molecule has 1 N–H and O–H groups in total. The number of fused-ring (bicyclic) bond motifs is 1. The smallest absolute Gasteiger partial charge is 0.227 e. The lowest BCUT2D eigenvalue weighted by Gasteiger charge is -2.32. The van der Waals surface area contributed by atoms with Crippen molar-refractivity contribution >= 4 is 16.8 Å². The maximum absolute atomic E-state index is 13.0. The number of hydrogen-bond acceptors (Lipinski definition) is 3. The molecule has 0 aliphatic carbocycles. The molecule has 0 saturated carbocycles. The van der Waals surface area contributed by atoms with Crippen LogP contribution < -0.4 is 9.47 Å². The van der Waals surface area contributed by atoms with Gasteiger partial charge in [0.15, 0.2) is 11.5 Å². The molecule has 29 heavy (non-hydrogen) atoms. The van der Waals surface area contributed by atoms with E-state index in [1.807, 2.05) is 23.1 Å². The summed E-state index contributed by atoms with van der Waals surface area (Å²) in [5.74, 6) is 1.85. The molecular weight excluding hydrogens is 364 g/mol. The Morgan fingerprint density at radius 1 is 1.10 bits per heavy atom. The van der Waals surface area contributed by atoms with Gasteiger partial charge in [-0.2, -0.15) is 0 Å². The molecule has 1 aromatic heterocycles. The van der Waals surface area contributed by atoms with Crippen LogP contribution in [-0.4, -0.2) is 43.1 Å². The fraction of sp³-hybridized carbons (Fsp3) is 0.375. The number of H-pyrrole nitrogens is 1. The highest BCUT2D eigenvalue weighted by Gasteiger charge is 2.26. The van der Waals surface area contributed by atoms with E-state index in [2.05, 4.69) is 36.2 Å². The Kier molecular flexibility index (Phi) is 5.47. The summed E-state index contributed by atoms with van der Waals surface area (Å²) in [5, 5.41) is 1.24. The Balaban J connectivity index is 1.46. The Morgan fingerprint density at radius 3 is 2.72 bits per heavy atom. The summed E-state index contributed by atoms with van der Waals surface area (Å²) in [4.78, 5) is 18.5. The first kappa shape index (κ1) is 19.4. The molecule has 2 heterocycles. The maximum atomic E-state index is 13.0. The van der Waals surface area contributed by atoms with Gasteiger partial charge in [0.1, 0.15) is 0 Å². The van der Waals surface area contributed by atoms with Gasteiger partial charge in [0.2, 0.25) is 5.91 Å². The first-order valence-corrected chi connectivity index (χ1v) is 10.2. The standard InChI is InChI=1S/C24H28N2O3/c1-16-6-8-20-19(11-16)14-21(25-20)18-5-4-10-26(15-18)24(27)13-17-7-9-22(28-2)23(12-17)29-3/h6-9,11-12,14,18,25H,4-5,10,13,15H2,1-3H3. The number of likely N-dealkylation sites (tertiary alicyclic amines) is 1. The van der Waals surface area contributed by atoms with E-state index in [0.717, 1.165) is 31.5 Å². The first-order chi connectivity index (χ1) is 14.1. The third-order valence-electron chi connectivity index (χ3n) is 5.81. The van der Waals surface area contributed by atoms with Gasteiger partial charge in [-0.05, 0) is 61.0 Å². The second-order valence-electron chi connectivity index (χ2n) is 7.86. The first-order valence-electron chi connectivity index (χ1n) is 10.2. The highest BCUT2D eigenvalue weighted by molar-refractivity contribution is 5.82. The normalized spacial score (nSPS) is 16.8. The Hall–Kier alpha value is -2.95. The molecular formula is C24H28N2O3. The predicted molar refractivity (Wildman–Crippen MR) is 115 cm³/mol. The molecule has 1 unspecified atom stereocenters. The predicted octanol–water partition coefficient (Wildman–Crippen LogP) is 4.44. The van der Waals surface area contributed by atoms with Crippen LogP contribution in [0.5, 0.6) is 11.5 Å². The van der Waals surface area contributed by atoms with Crippen molar-refractivity contribution in [2.75, 3.05) is 27.3 Å². The summed E-state index contributed by atoms with van der Waals surface area (Å²) in [6, 6.07) is 14.4. The number of methoxy groups -OCH3 is 2. The van der Waals surface area contributed by atoms with Gasteiger partial charge in [0, 0.05) is 30.2 Å². The van der Waals surface area contributed by atoms with Crippen LogP contribution in [-0.2, 0) is 11.2 Å². The summed E-state index contributed by atoms with van der Waals surface area (Å²) < 4.78 is 10.6. The van der Waals surface area contributed by atoms with E-state index in [-0.39, 0.29) is 5.91 Å².